The SMILES string of the molecule is CN(Cc1ccc(-c2nc(-c3ccccn3)cc(=O)[nH]2)cc1)CC1COCCO1. The van der Waals surface area contributed by atoms with Gasteiger partial charge in [0.25, 0.3) is 5.56 Å². The molecule has 3 aromatic rings. The van der Waals surface area contributed by atoms with Crippen molar-refractivity contribution in [3.63, 3.8) is 0 Å². The Bertz CT molecular complexity index is 983. The summed E-state index contributed by atoms with van der Waals surface area (Å²) in [7, 11) is 2.07. The maximum Gasteiger partial charge on any atom is 0.251 e. The number of ether oxygens (including phenoxy) is 2. The average molecular weight is 392 g/mol. The average Bonchev–Trinajstić information content (AvgIpc) is 2.75. The van der Waals surface area contributed by atoms with E-state index < -0.39 is 0 Å². The molecule has 3 heterocycles. The van der Waals surface area contributed by atoms with Crippen LogP contribution in [0.2, 0.25) is 0 Å². The second-order valence-electron chi connectivity index (χ2n) is 7.16. The molecule has 29 heavy (non-hydrogen) atoms. The second-order valence-corrected chi connectivity index (χ2v) is 7.16. The Morgan fingerprint density at radius 1 is 1.14 bits per heavy atom. The fourth-order valence-electron chi connectivity index (χ4n) is 3.37. The van der Waals surface area contributed by atoms with Crippen LogP contribution in [-0.4, -0.2) is 59.4 Å². The second kappa shape index (κ2) is 9.09. The van der Waals surface area contributed by atoms with Crippen molar-refractivity contribution in [1.82, 2.24) is 19.9 Å². The third-order valence-corrected chi connectivity index (χ3v) is 4.75. The van der Waals surface area contributed by atoms with Gasteiger partial charge in [0.05, 0.1) is 37.3 Å². The molecule has 150 valence electrons. The molecule has 0 bridgehead atoms. The Morgan fingerprint density at radius 3 is 2.72 bits per heavy atom. The monoisotopic (exact) mass is 392 g/mol. The molecular formula is C22H24N4O3. The lowest BCUT2D eigenvalue weighted by molar-refractivity contribution is -0.0962. The van der Waals surface area contributed by atoms with Crippen LogP contribution >= 0.6 is 0 Å². The van der Waals surface area contributed by atoms with Gasteiger partial charge in [-0.2, -0.15) is 0 Å². The molecule has 1 aliphatic heterocycles. The van der Waals surface area contributed by atoms with Gasteiger partial charge in [0.15, 0.2) is 0 Å². The molecule has 1 saturated heterocycles. The van der Waals surface area contributed by atoms with Crippen LogP contribution in [0.5, 0.6) is 0 Å². The van der Waals surface area contributed by atoms with Gasteiger partial charge >= 0.3 is 0 Å². The summed E-state index contributed by atoms with van der Waals surface area (Å²) in [6.45, 7) is 3.62. The first-order chi connectivity index (χ1) is 14.2. The lowest BCUT2D eigenvalue weighted by atomic mass is 10.1. The highest BCUT2D eigenvalue weighted by atomic mass is 16.6. The molecule has 1 N–H and O–H groups in total. The Hall–Kier alpha value is -2.87. The minimum Gasteiger partial charge on any atom is -0.376 e. The molecular weight excluding hydrogens is 368 g/mol. The molecule has 4 rings (SSSR count). The zero-order valence-corrected chi connectivity index (χ0v) is 16.4. The van der Waals surface area contributed by atoms with Crippen molar-refractivity contribution in [2.24, 2.45) is 0 Å². The molecule has 7 heteroatoms. The van der Waals surface area contributed by atoms with Gasteiger partial charge in [-0.15, -0.1) is 0 Å². The summed E-state index contributed by atoms with van der Waals surface area (Å²) in [6.07, 6.45) is 1.81. The molecule has 2 aromatic heterocycles. The summed E-state index contributed by atoms with van der Waals surface area (Å²) in [4.78, 5) is 26.0. The van der Waals surface area contributed by atoms with Crippen molar-refractivity contribution in [1.29, 1.82) is 0 Å². The van der Waals surface area contributed by atoms with Crippen molar-refractivity contribution in [2.75, 3.05) is 33.4 Å². The normalized spacial score (nSPS) is 16.8. The number of aromatic nitrogens is 3. The number of nitrogens with one attached hydrogen (secondary N) is 1. The predicted octanol–water partition coefficient (Wildman–Crippen LogP) is 2.35. The number of nitrogens with zero attached hydrogens (tertiary/aromatic N) is 3. The lowest BCUT2D eigenvalue weighted by Crippen LogP contribution is -2.38. The minimum atomic E-state index is -0.200. The molecule has 0 radical (unpaired) electrons. The highest BCUT2D eigenvalue weighted by molar-refractivity contribution is 5.60. The third kappa shape index (κ3) is 5.14. The standard InChI is InChI=1S/C22H24N4O3/c1-26(14-18-15-28-10-11-29-18)13-16-5-7-17(8-6-16)22-24-20(12-21(27)25-22)19-4-2-3-9-23-19/h2-9,12,18H,10-11,13-15H2,1H3,(H,24,25,27). The van der Waals surface area contributed by atoms with Crippen LogP contribution in [-0.2, 0) is 16.0 Å². The van der Waals surface area contributed by atoms with E-state index >= 15 is 0 Å². The number of H-pyrrole nitrogens is 1. The van der Waals surface area contributed by atoms with E-state index in [-0.39, 0.29) is 11.7 Å². The molecule has 0 saturated carbocycles. The van der Waals surface area contributed by atoms with Crippen molar-refractivity contribution in [3.8, 4) is 22.8 Å². The first-order valence-electron chi connectivity index (χ1n) is 9.67. The van der Waals surface area contributed by atoms with Crippen LogP contribution in [0.3, 0.4) is 0 Å². The van der Waals surface area contributed by atoms with E-state index in [1.165, 1.54) is 11.6 Å². The smallest absolute Gasteiger partial charge is 0.251 e. The van der Waals surface area contributed by atoms with Crippen molar-refractivity contribution in [3.05, 3.63) is 70.6 Å². The molecule has 0 aliphatic carbocycles. The van der Waals surface area contributed by atoms with Crippen LogP contribution in [0, 0.1) is 0 Å². The zero-order valence-electron chi connectivity index (χ0n) is 16.4. The first kappa shape index (κ1) is 19.4. The van der Waals surface area contributed by atoms with Crippen molar-refractivity contribution >= 4 is 0 Å². The maximum absolute atomic E-state index is 12.1. The first-order valence-corrected chi connectivity index (χ1v) is 9.67. The fourth-order valence-corrected chi connectivity index (χ4v) is 3.37. The Morgan fingerprint density at radius 2 is 2.00 bits per heavy atom. The summed E-state index contributed by atoms with van der Waals surface area (Å²) < 4.78 is 11.2. The van der Waals surface area contributed by atoms with E-state index in [1.807, 2.05) is 30.3 Å². The quantitative estimate of drug-likeness (QED) is 0.694. The van der Waals surface area contributed by atoms with Crippen LogP contribution in [0.1, 0.15) is 5.56 Å². The van der Waals surface area contributed by atoms with Gasteiger partial charge < -0.3 is 14.5 Å². The van der Waals surface area contributed by atoms with E-state index in [0.717, 1.165) is 18.7 Å². The zero-order chi connectivity index (χ0) is 20.1. The number of hydrogen-bond acceptors (Lipinski definition) is 6. The molecule has 1 fully saturated rings. The minimum absolute atomic E-state index is 0.122. The Balaban J connectivity index is 1.46. The number of pyridine rings is 1. The molecule has 1 aromatic carbocycles. The van der Waals surface area contributed by atoms with Crippen molar-refractivity contribution in [2.45, 2.75) is 12.6 Å². The van der Waals surface area contributed by atoms with Crippen LogP contribution in [0.15, 0.2) is 59.5 Å². The van der Waals surface area contributed by atoms with Gasteiger partial charge in [0.2, 0.25) is 0 Å². The maximum atomic E-state index is 12.1. The van der Waals surface area contributed by atoms with Gasteiger partial charge in [0, 0.05) is 30.9 Å². The van der Waals surface area contributed by atoms with Gasteiger partial charge in [0.1, 0.15) is 5.82 Å². The largest absolute Gasteiger partial charge is 0.376 e. The van der Waals surface area contributed by atoms with Gasteiger partial charge in [-0.3, -0.25) is 14.7 Å². The highest BCUT2D eigenvalue weighted by Gasteiger charge is 2.16. The molecule has 1 unspecified atom stereocenters. The van der Waals surface area contributed by atoms with Crippen LogP contribution in [0.25, 0.3) is 22.8 Å². The van der Waals surface area contributed by atoms with Gasteiger partial charge in [-0.05, 0) is 24.7 Å². The third-order valence-electron chi connectivity index (χ3n) is 4.75. The number of benzene rings is 1. The van der Waals surface area contributed by atoms with E-state index in [2.05, 4.69) is 39.0 Å². The Labute approximate surface area is 169 Å². The summed E-state index contributed by atoms with van der Waals surface area (Å²) >= 11 is 0. The molecule has 0 spiro atoms. The van der Waals surface area contributed by atoms with E-state index in [1.54, 1.807) is 6.20 Å². The van der Waals surface area contributed by atoms with Crippen LogP contribution in [0.4, 0.5) is 0 Å². The number of hydrogen-bond donors (Lipinski definition) is 1. The van der Waals surface area contributed by atoms with Gasteiger partial charge in [-0.1, -0.05) is 30.3 Å². The fraction of sp³-hybridized carbons (Fsp3) is 0.318. The summed E-state index contributed by atoms with van der Waals surface area (Å²) in [5.41, 5.74) is 3.07. The van der Waals surface area contributed by atoms with Crippen molar-refractivity contribution < 1.29 is 9.47 Å². The molecule has 0 amide bonds. The van der Waals surface area contributed by atoms with E-state index in [0.29, 0.717) is 37.0 Å². The van der Waals surface area contributed by atoms with E-state index in [9.17, 15) is 4.79 Å². The Kier molecular flexibility index (Phi) is 6.09. The topological polar surface area (TPSA) is 80.3 Å². The number of likely N-dealkylation sites (N-methyl/N-ethyl adjacent to an activating group) is 1. The van der Waals surface area contributed by atoms with Crippen LogP contribution < -0.4 is 5.56 Å². The summed E-state index contributed by atoms with van der Waals surface area (Å²) in [5.74, 6) is 0.533. The number of rotatable bonds is 6. The highest BCUT2D eigenvalue weighted by Crippen LogP contribution is 2.19. The molecule has 1 atom stereocenters. The van der Waals surface area contributed by atoms with E-state index in [4.69, 9.17) is 9.47 Å². The van der Waals surface area contributed by atoms with Gasteiger partial charge in [-0.25, -0.2) is 4.98 Å². The predicted molar refractivity (Wildman–Crippen MR) is 110 cm³/mol. The molecule has 7 nitrogen and oxygen atoms in total. The number of aromatic amines is 1. The summed E-state index contributed by atoms with van der Waals surface area (Å²) in [5, 5.41) is 0. The summed E-state index contributed by atoms with van der Waals surface area (Å²) in [6, 6.07) is 15.1. The molecule has 1 aliphatic rings. The lowest BCUT2D eigenvalue weighted by Gasteiger charge is -2.27.